The van der Waals surface area contributed by atoms with Gasteiger partial charge in [0.25, 0.3) is 0 Å². The number of nitrogens with zero attached hydrogens (tertiary/aromatic N) is 3. The lowest BCUT2D eigenvalue weighted by Gasteiger charge is -2.27. The minimum absolute atomic E-state index is 0. The van der Waals surface area contributed by atoms with Gasteiger partial charge in [-0.15, -0.1) is 0 Å². The van der Waals surface area contributed by atoms with Crippen LogP contribution in [-0.4, -0.2) is 65.5 Å². The van der Waals surface area contributed by atoms with E-state index < -0.39 is 30.7 Å². The van der Waals surface area contributed by atoms with Crippen molar-refractivity contribution in [2.24, 2.45) is 23.7 Å². The highest BCUT2D eigenvalue weighted by atomic mass is 35.5. The topological polar surface area (TPSA) is 213 Å². The Morgan fingerprint density at radius 3 is 1.86 bits per heavy atom. The second-order valence-electron chi connectivity index (χ2n) is 15.5. The Kier molecular flexibility index (Phi) is 21.2. The number of aromatic amines is 1. The van der Waals surface area contributed by atoms with Crippen LogP contribution in [0.4, 0.5) is 11.6 Å². The Morgan fingerprint density at radius 2 is 1.34 bits per heavy atom. The lowest BCUT2D eigenvalue weighted by atomic mass is 9.80. The van der Waals surface area contributed by atoms with Crippen LogP contribution in [-0.2, 0) is 38.0 Å². The summed E-state index contributed by atoms with van der Waals surface area (Å²) in [7, 11) is 0. The number of nitrogens with two attached hydrogens (primary N) is 2. The summed E-state index contributed by atoms with van der Waals surface area (Å²) in [6.07, 6.45) is 18.8. The predicted molar refractivity (Wildman–Crippen MR) is 212 cm³/mol. The van der Waals surface area contributed by atoms with Gasteiger partial charge in [-0.3, -0.25) is 14.2 Å². The molecule has 0 spiro atoms. The molecule has 0 aromatic carbocycles. The number of H-pyrrole nitrogens is 1. The van der Waals surface area contributed by atoms with E-state index in [0.717, 1.165) is 63.2 Å². The number of halogens is 1. The molecule has 5 N–H and O–H groups in total. The summed E-state index contributed by atoms with van der Waals surface area (Å²) in [6, 6.07) is 3.10. The summed E-state index contributed by atoms with van der Waals surface area (Å²) in [6.45, 7) is 4.92. The van der Waals surface area contributed by atoms with Crippen LogP contribution in [0, 0.1) is 23.7 Å². The number of esters is 2. The SMILES string of the molecule is C.CCCCCC1CCC(C(=O)OC[C@H]2OC[C@@H]([n+]3ccc(N)[nH]c3=O)O2)CC1.CCCCCC1CCC(C(=O)OC[C@H]2OC[C@@H](n3ccc(N)nc3=O)O2)CC1.[Cl-]. The standard InChI is InChI=1S/2C20H31N3O5.CH4.ClH/c2*1-2-3-4-5-14-6-8-15(9-7-14)19(24)27-13-18-26-12-17(28-18)23-11-10-16(21)22-20(23)25;;/h2*10-11,14-15,17-18H,2-9,12-13H2,1H3,(H2,21,22,25);1H4;1H/t2*14?,15?,17-,18-;;/m00../s1. The molecule has 0 amide bonds. The third-order valence-corrected chi connectivity index (χ3v) is 11.4. The van der Waals surface area contributed by atoms with Crippen LogP contribution in [0.2, 0.25) is 0 Å². The average molecular weight is 839 g/mol. The predicted octanol–water partition coefficient (Wildman–Crippen LogP) is 2.31. The fraction of sp³-hybridized carbons (Fsp3) is 0.756. The molecule has 16 nitrogen and oxygen atoms in total. The van der Waals surface area contributed by atoms with Gasteiger partial charge in [0.2, 0.25) is 6.23 Å². The minimum atomic E-state index is -0.677. The van der Waals surface area contributed by atoms with Crippen molar-refractivity contribution < 1.29 is 55.0 Å². The number of unbranched alkanes of at least 4 members (excludes halogenated alkanes) is 4. The summed E-state index contributed by atoms with van der Waals surface area (Å²) in [5.74, 6) is 1.57. The number of carbonyl (C=O) groups is 2. The van der Waals surface area contributed by atoms with Gasteiger partial charge in [-0.25, -0.2) is 4.79 Å². The Bertz CT molecular complexity index is 1530. The number of aromatic nitrogens is 4. The number of ether oxygens (including phenoxy) is 6. The Hall–Kier alpha value is -3.57. The molecule has 0 radical (unpaired) electrons. The Balaban J connectivity index is 0.000000300. The molecule has 2 aromatic rings. The van der Waals surface area contributed by atoms with Gasteiger partial charge in [-0.05, 0) is 69.3 Å². The maximum absolute atomic E-state index is 12.4. The summed E-state index contributed by atoms with van der Waals surface area (Å²) >= 11 is 0. The van der Waals surface area contributed by atoms with Crippen molar-refractivity contribution in [3.05, 3.63) is 45.5 Å². The van der Waals surface area contributed by atoms with Crippen molar-refractivity contribution in [2.45, 2.75) is 149 Å². The zero-order chi connectivity index (χ0) is 39.9. The molecule has 2 aliphatic carbocycles. The average Bonchev–Trinajstić information content (AvgIpc) is 3.87. The lowest BCUT2D eigenvalue weighted by Crippen LogP contribution is -3.00. The zero-order valence-corrected chi connectivity index (χ0v) is 34.3. The van der Waals surface area contributed by atoms with Crippen molar-refractivity contribution in [1.82, 2.24) is 14.5 Å². The molecular weight excluding hydrogens is 772 g/mol. The van der Waals surface area contributed by atoms with Gasteiger partial charge >= 0.3 is 23.3 Å². The van der Waals surface area contributed by atoms with Gasteiger partial charge in [0.1, 0.15) is 31.8 Å². The van der Waals surface area contributed by atoms with Crippen LogP contribution < -0.4 is 39.8 Å². The third-order valence-electron chi connectivity index (χ3n) is 11.4. The van der Waals surface area contributed by atoms with Gasteiger partial charge in [0.15, 0.2) is 24.6 Å². The number of nitrogens with one attached hydrogen (secondary N) is 1. The number of nitrogen functional groups attached to an aromatic ring is 2. The van der Waals surface area contributed by atoms with Crippen molar-refractivity contribution in [3.63, 3.8) is 0 Å². The molecule has 0 bridgehead atoms. The molecule has 4 fully saturated rings. The number of hydrogen-bond acceptors (Lipinski definition) is 13. The molecule has 4 atom stereocenters. The first-order valence-corrected chi connectivity index (χ1v) is 20.7. The van der Waals surface area contributed by atoms with E-state index in [1.165, 1.54) is 72.8 Å². The second kappa shape index (κ2) is 25.1. The molecule has 17 heteroatoms. The lowest BCUT2D eigenvalue weighted by molar-refractivity contribution is -0.771. The van der Waals surface area contributed by atoms with Crippen molar-refractivity contribution >= 4 is 23.6 Å². The van der Waals surface area contributed by atoms with Crippen LogP contribution in [0.1, 0.15) is 136 Å². The molecular formula is C41H67ClN6O10. The molecule has 328 valence electrons. The molecule has 2 aliphatic heterocycles. The van der Waals surface area contributed by atoms with Gasteiger partial charge < -0.3 is 52.3 Å². The van der Waals surface area contributed by atoms with Crippen LogP contribution in [0.15, 0.2) is 34.1 Å². The highest BCUT2D eigenvalue weighted by Gasteiger charge is 2.35. The van der Waals surface area contributed by atoms with E-state index in [9.17, 15) is 19.2 Å². The highest BCUT2D eigenvalue weighted by Crippen LogP contribution is 2.34. The van der Waals surface area contributed by atoms with E-state index in [2.05, 4.69) is 23.8 Å². The minimum Gasteiger partial charge on any atom is -1.00 e. The number of carbonyl (C=O) groups excluding carboxylic acids is 2. The Labute approximate surface area is 348 Å². The van der Waals surface area contributed by atoms with Crippen molar-refractivity contribution in [2.75, 3.05) is 37.9 Å². The van der Waals surface area contributed by atoms with Gasteiger partial charge in [-0.2, -0.15) is 19.3 Å². The fourth-order valence-corrected chi connectivity index (χ4v) is 7.96. The largest absolute Gasteiger partial charge is 1.00 e. The van der Waals surface area contributed by atoms with Crippen LogP contribution in [0.5, 0.6) is 0 Å². The molecule has 2 saturated heterocycles. The van der Waals surface area contributed by atoms with E-state index in [1.54, 1.807) is 12.3 Å². The zero-order valence-electron chi connectivity index (χ0n) is 33.5. The summed E-state index contributed by atoms with van der Waals surface area (Å²) in [4.78, 5) is 54.7. The quantitative estimate of drug-likeness (QED) is 0.126. The number of rotatable bonds is 16. The van der Waals surface area contributed by atoms with E-state index >= 15 is 0 Å². The first-order valence-electron chi connectivity index (χ1n) is 20.7. The maximum Gasteiger partial charge on any atom is 0.499 e. The van der Waals surface area contributed by atoms with E-state index in [1.807, 2.05) is 0 Å². The summed E-state index contributed by atoms with van der Waals surface area (Å²) in [5, 5.41) is 0. The monoisotopic (exact) mass is 838 g/mol. The van der Waals surface area contributed by atoms with Crippen LogP contribution in [0.3, 0.4) is 0 Å². The smallest absolute Gasteiger partial charge is 0.499 e. The molecule has 4 heterocycles. The molecule has 4 aliphatic rings. The first kappa shape index (κ1) is 48.8. The van der Waals surface area contributed by atoms with Gasteiger partial charge in [0, 0.05) is 12.3 Å². The summed E-state index contributed by atoms with van der Waals surface area (Å²) < 4.78 is 35.9. The van der Waals surface area contributed by atoms with E-state index in [0.29, 0.717) is 0 Å². The van der Waals surface area contributed by atoms with Gasteiger partial charge in [0.05, 0.1) is 18.4 Å². The van der Waals surface area contributed by atoms with E-state index in [-0.39, 0.29) is 87.4 Å². The fourth-order valence-electron chi connectivity index (χ4n) is 7.96. The maximum atomic E-state index is 12.4. The molecule has 0 unspecified atom stereocenters. The van der Waals surface area contributed by atoms with Crippen LogP contribution in [0.25, 0.3) is 0 Å². The first-order chi connectivity index (χ1) is 27.1. The highest BCUT2D eigenvalue weighted by molar-refractivity contribution is 5.72. The van der Waals surface area contributed by atoms with E-state index in [4.69, 9.17) is 39.9 Å². The molecule has 2 saturated carbocycles. The molecule has 2 aromatic heterocycles. The number of anilines is 2. The van der Waals surface area contributed by atoms with Gasteiger partial charge in [-0.1, -0.05) is 72.6 Å². The summed E-state index contributed by atoms with van der Waals surface area (Å²) in [5.41, 5.74) is 10.2. The molecule has 6 rings (SSSR count). The Morgan fingerprint density at radius 1 is 0.810 bits per heavy atom. The molecule has 58 heavy (non-hydrogen) atoms. The van der Waals surface area contributed by atoms with Crippen molar-refractivity contribution in [1.29, 1.82) is 0 Å². The van der Waals surface area contributed by atoms with Crippen LogP contribution >= 0.6 is 0 Å². The second-order valence-corrected chi connectivity index (χ2v) is 15.5. The number of hydrogen-bond donors (Lipinski definition) is 3. The van der Waals surface area contributed by atoms with Crippen molar-refractivity contribution in [3.8, 4) is 0 Å². The third kappa shape index (κ3) is 14.9. The normalized spacial score (nSPS) is 26.7.